The van der Waals surface area contributed by atoms with E-state index < -0.39 is 0 Å². The summed E-state index contributed by atoms with van der Waals surface area (Å²) in [5.74, 6) is -0.496. The standard InChI is InChI=1S/C10H10N2O3/c1-15-9-3-6(8(13)5-12)2-7(4-11)10(9)14/h2-3,14H,5,12H2,1H3. The third kappa shape index (κ3) is 2.06. The molecule has 0 saturated carbocycles. The predicted octanol–water partition coefficient (Wildman–Crippen LogP) is 0.414. The number of Topliss-reactive ketones (excluding diaryl/α,β-unsaturated/α-hetero) is 1. The molecule has 1 aromatic rings. The van der Waals surface area contributed by atoms with Crippen LogP contribution in [0.1, 0.15) is 15.9 Å². The van der Waals surface area contributed by atoms with Crippen LogP contribution in [0.5, 0.6) is 11.5 Å². The first-order chi connectivity index (χ1) is 7.13. The molecule has 1 rings (SSSR count). The number of phenolic OH excluding ortho intramolecular Hbond substituents is 1. The highest BCUT2D eigenvalue weighted by Crippen LogP contribution is 2.30. The minimum Gasteiger partial charge on any atom is -0.503 e. The number of hydrogen-bond donors (Lipinski definition) is 2. The summed E-state index contributed by atoms with van der Waals surface area (Å²) in [7, 11) is 1.34. The lowest BCUT2D eigenvalue weighted by Gasteiger charge is -2.06. The monoisotopic (exact) mass is 206 g/mol. The number of ketones is 1. The van der Waals surface area contributed by atoms with Gasteiger partial charge in [0.25, 0.3) is 0 Å². The number of rotatable bonds is 3. The molecule has 0 radical (unpaired) electrons. The van der Waals surface area contributed by atoms with Crippen LogP contribution in [0.25, 0.3) is 0 Å². The van der Waals surface area contributed by atoms with Crippen LogP contribution in [0.2, 0.25) is 0 Å². The minimum atomic E-state index is -0.315. The number of hydrogen-bond acceptors (Lipinski definition) is 5. The molecule has 0 aliphatic carbocycles. The number of nitriles is 1. The number of benzene rings is 1. The summed E-state index contributed by atoms with van der Waals surface area (Å²) in [5.41, 5.74) is 5.43. The molecule has 5 nitrogen and oxygen atoms in total. The summed E-state index contributed by atoms with van der Waals surface area (Å²) >= 11 is 0. The number of carbonyl (C=O) groups is 1. The summed E-state index contributed by atoms with van der Waals surface area (Å²) in [6, 6.07) is 4.40. The van der Waals surface area contributed by atoms with E-state index >= 15 is 0 Å². The van der Waals surface area contributed by atoms with Crippen molar-refractivity contribution in [3.05, 3.63) is 23.3 Å². The molecule has 0 aromatic heterocycles. The van der Waals surface area contributed by atoms with Crippen molar-refractivity contribution in [3.63, 3.8) is 0 Å². The van der Waals surface area contributed by atoms with Crippen molar-refractivity contribution in [1.29, 1.82) is 5.26 Å². The van der Waals surface area contributed by atoms with Gasteiger partial charge >= 0.3 is 0 Å². The number of nitrogens with two attached hydrogens (primary N) is 1. The van der Waals surface area contributed by atoms with Gasteiger partial charge in [-0.05, 0) is 12.1 Å². The zero-order valence-corrected chi connectivity index (χ0v) is 8.15. The van der Waals surface area contributed by atoms with Gasteiger partial charge in [0.1, 0.15) is 6.07 Å². The summed E-state index contributed by atoms with van der Waals surface area (Å²) in [6.45, 7) is -0.154. The lowest BCUT2D eigenvalue weighted by Crippen LogP contribution is -2.13. The molecule has 0 saturated heterocycles. The van der Waals surface area contributed by atoms with E-state index in [0.717, 1.165) is 0 Å². The Morgan fingerprint density at radius 2 is 2.33 bits per heavy atom. The van der Waals surface area contributed by atoms with E-state index in [1.165, 1.54) is 19.2 Å². The van der Waals surface area contributed by atoms with Crippen LogP contribution in [-0.2, 0) is 0 Å². The molecule has 0 heterocycles. The lowest BCUT2D eigenvalue weighted by atomic mass is 10.1. The Bertz CT molecular complexity index is 435. The SMILES string of the molecule is COc1cc(C(=O)CN)cc(C#N)c1O. The predicted molar refractivity (Wildman–Crippen MR) is 52.8 cm³/mol. The summed E-state index contributed by atoms with van der Waals surface area (Å²) in [5, 5.41) is 18.2. The maximum Gasteiger partial charge on any atom is 0.176 e. The van der Waals surface area contributed by atoms with Gasteiger partial charge in [-0.15, -0.1) is 0 Å². The Morgan fingerprint density at radius 1 is 1.67 bits per heavy atom. The molecule has 5 heteroatoms. The highest BCUT2D eigenvalue weighted by atomic mass is 16.5. The largest absolute Gasteiger partial charge is 0.503 e. The van der Waals surface area contributed by atoms with Gasteiger partial charge in [0.2, 0.25) is 0 Å². The molecule has 78 valence electrons. The van der Waals surface area contributed by atoms with E-state index in [1.807, 2.05) is 0 Å². The van der Waals surface area contributed by atoms with Crippen LogP contribution in [0, 0.1) is 11.3 Å². The fraction of sp³-hybridized carbons (Fsp3) is 0.200. The van der Waals surface area contributed by atoms with E-state index in [1.54, 1.807) is 6.07 Å². The van der Waals surface area contributed by atoms with Crippen LogP contribution in [0.4, 0.5) is 0 Å². The van der Waals surface area contributed by atoms with Gasteiger partial charge in [-0.2, -0.15) is 5.26 Å². The van der Waals surface area contributed by atoms with E-state index in [9.17, 15) is 9.90 Å². The van der Waals surface area contributed by atoms with Gasteiger partial charge in [-0.1, -0.05) is 0 Å². The first kappa shape index (κ1) is 11.0. The molecule has 0 spiro atoms. The van der Waals surface area contributed by atoms with Crippen molar-refractivity contribution in [3.8, 4) is 17.6 Å². The molecule has 0 atom stereocenters. The van der Waals surface area contributed by atoms with Gasteiger partial charge in [-0.25, -0.2) is 0 Å². The molecule has 0 fully saturated rings. The third-order valence-corrected chi connectivity index (χ3v) is 1.92. The molecule has 3 N–H and O–H groups in total. The highest BCUT2D eigenvalue weighted by molar-refractivity contribution is 5.98. The second-order valence-corrected chi connectivity index (χ2v) is 2.81. The normalized spacial score (nSPS) is 9.40. The van der Waals surface area contributed by atoms with Crippen LogP contribution in [0.15, 0.2) is 12.1 Å². The number of carbonyl (C=O) groups excluding carboxylic acids is 1. The number of phenols is 1. The average Bonchev–Trinajstić information content (AvgIpc) is 2.28. The molecular weight excluding hydrogens is 196 g/mol. The Morgan fingerprint density at radius 3 is 2.80 bits per heavy atom. The molecular formula is C10H10N2O3. The summed E-state index contributed by atoms with van der Waals surface area (Å²) in [6.07, 6.45) is 0. The van der Waals surface area contributed by atoms with Gasteiger partial charge in [0.05, 0.1) is 19.2 Å². The number of aromatic hydroxyl groups is 1. The van der Waals surface area contributed by atoms with E-state index in [4.69, 9.17) is 15.7 Å². The van der Waals surface area contributed by atoms with Crippen molar-refractivity contribution >= 4 is 5.78 Å². The van der Waals surface area contributed by atoms with E-state index in [0.29, 0.717) is 0 Å². The topological polar surface area (TPSA) is 96.3 Å². The molecule has 0 aliphatic rings. The van der Waals surface area contributed by atoms with Crippen LogP contribution in [-0.4, -0.2) is 24.5 Å². The number of nitrogens with zero attached hydrogens (tertiary/aromatic N) is 1. The summed E-state index contributed by atoms with van der Waals surface area (Å²) < 4.78 is 4.83. The first-order valence-electron chi connectivity index (χ1n) is 4.18. The Labute approximate surface area is 86.7 Å². The van der Waals surface area contributed by atoms with Crippen LogP contribution < -0.4 is 10.5 Å². The van der Waals surface area contributed by atoms with Crippen LogP contribution in [0.3, 0.4) is 0 Å². The zero-order chi connectivity index (χ0) is 11.4. The van der Waals surface area contributed by atoms with Crippen LogP contribution >= 0.6 is 0 Å². The Kier molecular flexibility index (Phi) is 3.26. The van der Waals surface area contributed by atoms with E-state index in [2.05, 4.69) is 0 Å². The average molecular weight is 206 g/mol. The molecule has 15 heavy (non-hydrogen) atoms. The van der Waals surface area contributed by atoms with E-state index in [-0.39, 0.29) is 35.0 Å². The first-order valence-corrected chi connectivity index (χ1v) is 4.18. The molecule has 0 unspecified atom stereocenters. The fourth-order valence-electron chi connectivity index (χ4n) is 1.13. The molecule has 0 aliphatic heterocycles. The van der Waals surface area contributed by atoms with Gasteiger partial charge in [0.15, 0.2) is 17.3 Å². The molecule has 0 bridgehead atoms. The van der Waals surface area contributed by atoms with Gasteiger partial charge < -0.3 is 15.6 Å². The fourth-order valence-corrected chi connectivity index (χ4v) is 1.13. The maximum absolute atomic E-state index is 11.3. The quantitative estimate of drug-likeness (QED) is 0.698. The van der Waals surface area contributed by atoms with Crippen molar-refractivity contribution in [1.82, 2.24) is 0 Å². The smallest absolute Gasteiger partial charge is 0.176 e. The van der Waals surface area contributed by atoms with Crippen molar-refractivity contribution in [2.75, 3.05) is 13.7 Å². The van der Waals surface area contributed by atoms with Crippen molar-refractivity contribution in [2.24, 2.45) is 5.73 Å². The van der Waals surface area contributed by atoms with Crippen molar-refractivity contribution in [2.45, 2.75) is 0 Å². The van der Waals surface area contributed by atoms with Gasteiger partial charge in [-0.3, -0.25) is 4.79 Å². The maximum atomic E-state index is 11.3. The highest BCUT2D eigenvalue weighted by Gasteiger charge is 2.13. The third-order valence-electron chi connectivity index (χ3n) is 1.92. The summed E-state index contributed by atoms with van der Waals surface area (Å²) in [4.78, 5) is 11.3. The second-order valence-electron chi connectivity index (χ2n) is 2.81. The minimum absolute atomic E-state index is 0.00819. The Balaban J connectivity index is 3.34. The zero-order valence-electron chi connectivity index (χ0n) is 8.15. The van der Waals surface area contributed by atoms with Crippen molar-refractivity contribution < 1.29 is 14.6 Å². The second kappa shape index (κ2) is 4.44. The number of methoxy groups -OCH3 is 1. The van der Waals surface area contributed by atoms with Gasteiger partial charge in [0, 0.05) is 5.56 Å². The molecule has 0 amide bonds. The number of ether oxygens (including phenoxy) is 1. The lowest BCUT2D eigenvalue weighted by molar-refractivity contribution is 0.100. The molecule has 1 aromatic carbocycles. The Hall–Kier alpha value is -2.06.